The minimum Gasteiger partial charge on any atom is -0.508 e. The van der Waals surface area contributed by atoms with Gasteiger partial charge in [0.1, 0.15) is 5.75 Å². The molecule has 0 saturated carbocycles. The maximum Gasteiger partial charge on any atom is 0.115 e. The summed E-state index contributed by atoms with van der Waals surface area (Å²) in [7, 11) is 0. The van der Waals surface area contributed by atoms with Crippen molar-refractivity contribution in [3.05, 3.63) is 58.1 Å². The van der Waals surface area contributed by atoms with Crippen LogP contribution < -0.4 is 5.43 Å². The number of phenolic OH excluding ortho intramolecular Hbond substituents is 1. The maximum atomic E-state index is 9.13. The molecule has 5 heteroatoms. The van der Waals surface area contributed by atoms with Gasteiger partial charge >= 0.3 is 0 Å². The van der Waals surface area contributed by atoms with Gasteiger partial charge in [-0.25, -0.2) is 0 Å². The third-order valence-corrected chi connectivity index (χ3v) is 2.96. The predicted molar refractivity (Wildman–Crippen MR) is 75.8 cm³/mol. The lowest BCUT2D eigenvalue weighted by Crippen LogP contribution is -1.90. The zero-order chi connectivity index (χ0) is 13.0. The lowest BCUT2D eigenvalue weighted by Gasteiger charge is -2.01. The van der Waals surface area contributed by atoms with Gasteiger partial charge in [-0.15, -0.1) is 0 Å². The molecule has 0 spiro atoms. The van der Waals surface area contributed by atoms with Crippen molar-refractivity contribution < 1.29 is 5.11 Å². The molecule has 2 rings (SSSR count). The Morgan fingerprint density at radius 2 is 1.72 bits per heavy atom. The number of phenols is 1. The summed E-state index contributed by atoms with van der Waals surface area (Å²) in [5.41, 5.74) is 4.46. The fourth-order valence-corrected chi connectivity index (χ4v) is 1.61. The first-order valence-electron chi connectivity index (χ1n) is 5.18. The first-order chi connectivity index (χ1) is 8.65. The van der Waals surface area contributed by atoms with Gasteiger partial charge in [-0.3, -0.25) is 5.43 Å². The summed E-state index contributed by atoms with van der Waals surface area (Å²) in [5.74, 6) is 0.226. The molecule has 0 radical (unpaired) electrons. The van der Waals surface area contributed by atoms with Crippen LogP contribution in [0.1, 0.15) is 5.56 Å². The number of hydrazone groups is 1. The van der Waals surface area contributed by atoms with Crippen LogP contribution in [0.3, 0.4) is 0 Å². The Bertz CT molecular complexity index is 568. The molecular formula is C13H10Cl2N2O. The van der Waals surface area contributed by atoms with Gasteiger partial charge in [0.15, 0.2) is 0 Å². The molecule has 92 valence electrons. The van der Waals surface area contributed by atoms with Crippen molar-refractivity contribution in [2.75, 3.05) is 5.43 Å². The van der Waals surface area contributed by atoms with Crippen LogP contribution in [0.25, 0.3) is 0 Å². The Balaban J connectivity index is 2.02. The molecule has 0 atom stereocenters. The van der Waals surface area contributed by atoms with Crippen LogP contribution >= 0.6 is 23.2 Å². The molecule has 18 heavy (non-hydrogen) atoms. The molecule has 0 amide bonds. The van der Waals surface area contributed by atoms with Crippen molar-refractivity contribution >= 4 is 35.1 Å². The lowest BCUT2D eigenvalue weighted by molar-refractivity contribution is 0.475. The minimum absolute atomic E-state index is 0.226. The zero-order valence-electron chi connectivity index (χ0n) is 9.27. The molecule has 2 aromatic rings. The molecule has 3 nitrogen and oxygen atoms in total. The highest BCUT2D eigenvalue weighted by Gasteiger charge is 1.97. The van der Waals surface area contributed by atoms with Gasteiger partial charge in [0.05, 0.1) is 21.9 Å². The highest BCUT2D eigenvalue weighted by atomic mass is 35.5. The molecule has 2 N–H and O–H groups in total. The first kappa shape index (κ1) is 12.7. The van der Waals surface area contributed by atoms with Crippen LogP contribution in [-0.2, 0) is 0 Å². The molecule has 0 aliphatic rings. The van der Waals surface area contributed by atoms with Crippen molar-refractivity contribution in [1.29, 1.82) is 0 Å². The summed E-state index contributed by atoms with van der Waals surface area (Å²) < 4.78 is 0. The van der Waals surface area contributed by atoms with Crippen LogP contribution in [0.4, 0.5) is 5.69 Å². The summed E-state index contributed by atoms with van der Waals surface area (Å²) in [4.78, 5) is 0. The van der Waals surface area contributed by atoms with E-state index in [1.807, 2.05) is 0 Å². The van der Waals surface area contributed by atoms with Crippen molar-refractivity contribution in [3.8, 4) is 5.75 Å². The largest absolute Gasteiger partial charge is 0.508 e. The molecule has 0 unspecified atom stereocenters. The van der Waals surface area contributed by atoms with Gasteiger partial charge in [-0.1, -0.05) is 23.2 Å². The molecule has 0 heterocycles. The topological polar surface area (TPSA) is 44.6 Å². The smallest absolute Gasteiger partial charge is 0.115 e. The van der Waals surface area contributed by atoms with E-state index >= 15 is 0 Å². The van der Waals surface area contributed by atoms with Gasteiger partial charge in [0.2, 0.25) is 0 Å². The summed E-state index contributed by atoms with van der Waals surface area (Å²) in [5, 5.41) is 14.2. The fraction of sp³-hybridized carbons (Fsp3) is 0. The fourth-order valence-electron chi connectivity index (χ4n) is 1.31. The Morgan fingerprint density at radius 3 is 2.39 bits per heavy atom. The number of hydrogen-bond donors (Lipinski definition) is 2. The number of rotatable bonds is 3. The van der Waals surface area contributed by atoms with Crippen LogP contribution in [-0.4, -0.2) is 11.3 Å². The maximum absolute atomic E-state index is 9.13. The monoisotopic (exact) mass is 280 g/mol. The van der Waals surface area contributed by atoms with Crippen LogP contribution in [0.15, 0.2) is 47.6 Å². The average molecular weight is 281 g/mol. The van der Waals surface area contributed by atoms with E-state index in [-0.39, 0.29) is 5.75 Å². The number of nitrogens with zero attached hydrogens (tertiary/aromatic N) is 1. The number of halogens is 2. The molecule has 0 fully saturated rings. The van der Waals surface area contributed by atoms with Gasteiger partial charge in [-0.05, 0) is 48.0 Å². The van der Waals surface area contributed by atoms with Crippen molar-refractivity contribution in [1.82, 2.24) is 0 Å². The summed E-state index contributed by atoms with van der Waals surface area (Å²) >= 11 is 11.7. The highest BCUT2D eigenvalue weighted by Crippen LogP contribution is 2.24. The van der Waals surface area contributed by atoms with Gasteiger partial charge in [0.25, 0.3) is 0 Å². The second-order valence-corrected chi connectivity index (χ2v) is 4.40. The van der Waals surface area contributed by atoms with Crippen molar-refractivity contribution in [2.45, 2.75) is 0 Å². The Morgan fingerprint density at radius 1 is 1.00 bits per heavy atom. The number of anilines is 1. The Kier molecular flexibility index (Phi) is 4.07. The summed E-state index contributed by atoms with van der Waals surface area (Å²) in [6, 6.07) is 11.9. The Hall–Kier alpha value is -1.71. The SMILES string of the molecule is Oc1ccc(C=NNc2ccc(Cl)c(Cl)c2)cc1. The van der Waals surface area contributed by atoms with Crippen LogP contribution in [0.2, 0.25) is 10.0 Å². The number of benzene rings is 2. The number of aromatic hydroxyl groups is 1. The molecule has 2 aromatic carbocycles. The zero-order valence-corrected chi connectivity index (χ0v) is 10.8. The van der Waals surface area contributed by atoms with Gasteiger partial charge < -0.3 is 5.11 Å². The van der Waals surface area contributed by atoms with Crippen LogP contribution in [0, 0.1) is 0 Å². The summed E-state index contributed by atoms with van der Waals surface area (Å²) in [6.45, 7) is 0. The molecule has 0 bridgehead atoms. The molecule has 0 saturated heterocycles. The molecular weight excluding hydrogens is 271 g/mol. The second-order valence-electron chi connectivity index (χ2n) is 3.59. The van der Waals surface area contributed by atoms with E-state index in [1.54, 1.807) is 48.7 Å². The number of hydrogen-bond acceptors (Lipinski definition) is 3. The van der Waals surface area contributed by atoms with E-state index in [1.165, 1.54) is 0 Å². The highest BCUT2D eigenvalue weighted by molar-refractivity contribution is 6.42. The summed E-state index contributed by atoms with van der Waals surface area (Å²) in [6.07, 6.45) is 1.64. The van der Waals surface area contributed by atoms with Gasteiger partial charge in [0, 0.05) is 0 Å². The molecule has 0 aliphatic heterocycles. The first-order valence-corrected chi connectivity index (χ1v) is 5.94. The third-order valence-electron chi connectivity index (χ3n) is 2.22. The van der Waals surface area contributed by atoms with E-state index in [0.717, 1.165) is 11.3 Å². The standard InChI is InChI=1S/C13H10Cl2N2O/c14-12-6-3-10(7-13(12)15)17-16-8-9-1-4-11(18)5-2-9/h1-8,17-18H. The lowest BCUT2D eigenvalue weighted by atomic mass is 10.2. The molecule has 0 aliphatic carbocycles. The molecule has 0 aromatic heterocycles. The van der Waals surface area contributed by atoms with E-state index in [2.05, 4.69) is 10.5 Å². The normalized spacial score (nSPS) is 10.8. The van der Waals surface area contributed by atoms with Gasteiger partial charge in [-0.2, -0.15) is 5.10 Å². The second kappa shape index (κ2) is 5.76. The third kappa shape index (κ3) is 3.39. The predicted octanol–water partition coefficient (Wildman–Crippen LogP) is 4.15. The van der Waals surface area contributed by atoms with E-state index in [0.29, 0.717) is 10.0 Å². The minimum atomic E-state index is 0.226. The quantitative estimate of drug-likeness (QED) is 0.655. The van der Waals surface area contributed by atoms with Crippen LogP contribution in [0.5, 0.6) is 5.75 Å². The Labute approximate surface area is 115 Å². The number of nitrogens with one attached hydrogen (secondary N) is 1. The van der Waals surface area contributed by atoms with Crippen molar-refractivity contribution in [2.24, 2.45) is 5.10 Å². The van der Waals surface area contributed by atoms with Crippen molar-refractivity contribution in [3.63, 3.8) is 0 Å². The van der Waals surface area contributed by atoms with E-state index < -0.39 is 0 Å². The average Bonchev–Trinajstić information content (AvgIpc) is 2.36. The van der Waals surface area contributed by atoms with E-state index in [4.69, 9.17) is 28.3 Å². The van der Waals surface area contributed by atoms with E-state index in [9.17, 15) is 0 Å².